The number of ether oxygens (including phenoxy) is 1. The molecule has 0 aromatic rings. The number of nitrogens with one attached hydrogen (secondary N) is 1. The van der Waals surface area contributed by atoms with Crippen molar-refractivity contribution in [3.63, 3.8) is 0 Å². The number of carboxylic acids is 1. The predicted octanol–water partition coefficient (Wildman–Crippen LogP) is 0.248. The molecule has 0 radical (unpaired) electrons. The predicted molar refractivity (Wildman–Crippen MR) is 50.9 cm³/mol. The number of carboxylic acid groups (broad SMARTS) is 1. The molecule has 0 saturated heterocycles. The summed E-state index contributed by atoms with van der Waals surface area (Å²) in [5.41, 5.74) is 0. The van der Waals surface area contributed by atoms with Gasteiger partial charge in [0.1, 0.15) is 6.04 Å². The second kappa shape index (κ2) is 6.37. The van der Waals surface area contributed by atoms with E-state index in [1.165, 1.54) is 0 Å². The van der Waals surface area contributed by atoms with Crippen LogP contribution in [0.1, 0.15) is 20.3 Å². The molecule has 0 aromatic heterocycles. The summed E-state index contributed by atoms with van der Waals surface area (Å²) in [7, 11) is 1.56. The highest BCUT2D eigenvalue weighted by Gasteiger charge is 2.15. The van der Waals surface area contributed by atoms with Gasteiger partial charge in [0.25, 0.3) is 0 Å². The minimum absolute atomic E-state index is 0.134. The topological polar surface area (TPSA) is 75.6 Å². The number of carbonyl (C=O) groups excluding carboxylic acids is 1. The first-order valence-electron chi connectivity index (χ1n) is 4.55. The van der Waals surface area contributed by atoms with Crippen molar-refractivity contribution >= 4 is 11.9 Å². The first-order chi connectivity index (χ1) is 6.49. The Morgan fingerprint density at radius 1 is 1.43 bits per heavy atom. The average Bonchev–Trinajstić information content (AvgIpc) is 2.11. The molecular formula is C9H17NO4. The first-order valence-corrected chi connectivity index (χ1v) is 4.55. The van der Waals surface area contributed by atoms with Gasteiger partial charge < -0.3 is 15.2 Å². The average molecular weight is 203 g/mol. The third kappa shape index (κ3) is 4.81. The Bertz CT molecular complexity index is 203. The van der Waals surface area contributed by atoms with E-state index in [9.17, 15) is 9.59 Å². The van der Waals surface area contributed by atoms with Crippen LogP contribution in [0.15, 0.2) is 0 Å². The summed E-state index contributed by atoms with van der Waals surface area (Å²) in [5, 5.41) is 11.3. The Morgan fingerprint density at radius 3 is 2.36 bits per heavy atom. The maximum absolute atomic E-state index is 11.0. The zero-order valence-corrected chi connectivity index (χ0v) is 8.74. The Labute approximate surface area is 83.4 Å². The lowest BCUT2D eigenvalue weighted by molar-refractivity contribution is -0.149. The van der Waals surface area contributed by atoms with E-state index in [1.807, 2.05) is 0 Å². The quantitative estimate of drug-likeness (QED) is 0.605. The largest absolute Gasteiger partial charge is 0.480 e. The smallest absolute Gasteiger partial charge is 0.320 e. The van der Waals surface area contributed by atoms with Gasteiger partial charge in [-0.25, -0.2) is 0 Å². The number of esters is 1. The fourth-order valence-electron chi connectivity index (χ4n) is 0.835. The molecule has 1 atom stereocenters. The highest BCUT2D eigenvalue weighted by molar-refractivity contribution is 5.73. The summed E-state index contributed by atoms with van der Waals surface area (Å²) in [6, 6.07) is -0.657. The Kier molecular flexibility index (Phi) is 5.87. The van der Waals surface area contributed by atoms with E-state index >= 15 is 0 Å². The van der Waals surface area contributed by atoms with Crippen LogP contribution in [0.4, 0.5) is 0 Å². The van der Waals surface area contributed by atoms with Gasteiger partial charge in [-0.15, -0.1) is 0 Å². The van der Waals surface area contributed by atoms with Gasteiger partial charge in [0.15, 0.2) is 0 Å². The molecule has 0 rings (SSSR count). The van der Waals surface area contributed by atoms with Crippen LogP contribution in [0.2, 0.25) is 0 Å². The molecular weight excluding hydrogens is 186 g/mol. The minimum atomic E-state index is -0.937. The van der Waals surface area contributed by atoms with Crippen molar-refractivity contribution in [3.05, 3.63) is 0 Å². The number of likely N-dealkylation sites (N-methyl/N-ethyl adjacent to an activating group) is 1. The van der Waals surface area contributed by atoms with E-state index in [1.54, 1.807) is 20.9 Å². The lowest BCUT2D eigenvalue weighted by atomic mass is 10.2. The molecule has 0 aromatic carbocycles. The highest BCUT2D eigenvalue weighted by Crippen LogP contribution is 1.98. The number of carbonyl (C=O) groups is 2. The second-order valence-electron chi connectivity index (χ2n) is 3.29. The molecule has 0 saturated carbocycles. The number of rotatable bonds is 6. The lowest BCUT2D eigenvalue weighted by Crippen LogP contribution is -2.35. The third-order valence-corrected chi connectivity index (χ3v) is 1.77. The second-order valence-corrected chi connectivity index (χ2v) is 3.29. The molecule has 5 heteroatoms. The highest BCUT2D eigenvalue weighted by atomic mass is 16.5. The van der Waals surface area contributed by atoms with Gasteiger partial charge in [0, 0.05) is 6.42 Å². The number of hydrogen-bond donors (Lipinski definition) is 2. The summed E-state index contributed by atoms with van der Waals surface area (Å²) in [6.07, 6.45) is 0.282. The van der Waals surface area contributed by atoms with E-state index in [0.717, 1.165) is 0 Å². The van der Waals surface area contributed by atoms with Crippen molar-refractivity contribution in [2.75, 3.05) is 13.7 Å². The van der Waals surface area contributed by atoms with Crippen LogP contribution in [0.3, 0.4) is 0 Å². The van der Waals surface area contributed by atoms with Crippen molar-refractivity contribution in [2.45, 2.75) is 26.3 Å². The van der Waals surface area contributed by atoms with Gasteiger partial charge in [-0.2, -0.15) is 0 Å². The van der Waals surface area contributed by atoms with Crippen molar-refractivity contribution in [1.82, 2.24) is 5.32 Å². The molecule has 0 heterocycles. The molecule has 0 aliphatic carbocycles. The SMILES string of the molecule is CNC(CCOC(=O)C(C)C)C(=O)O. The van der Waals surface area contributed by atoms with Gasteiger partial charge in [-0.1, -0.05) is 13.8 Å². The molecule has 2 N–H and O–H groups in total. The lowest BCUT2D eigenvalue weighted by Gasteiger charge is -2.11. The van der Waals surface area contributed by atoms with Gasteiger partial charge in [0.2, 0.25) is 0 Å². The van der Waals surface area contributed by atoms with Crippen LogP contribution in [-0.2, 0) is 14.3 Å². The van der Waals surface area contributed by atoms with Gasteiger partial charge in [0.05, 0.1) is 12.5 Å². The van der Waals surface area contributed by atoms with Crippen LogP contribution in [0.25, 0.3) is 0 Å². The molecule has 14 heavy (non-hydrogen) atoms. The molecule has 0 amide bonds. The summed E-state index contributed by atoms with van der Waals surface area (Å²) in [6.45, 7) is 3.60. The van der Waals surface area contributed by atoms with Crippen molar-refractivity contribution < 1.29 is 19.4 Å². The molecule has 0 spiro atoms. The van der Waals surface area contributed by atoms with Gasteiger partial charge in [-0.05, 0) is 7.05 Å². The maximum Gasteiger partial charge on any atom is 0.320 e. The summed E-state index contributed by atoms with van der Waals surface area (Å²) >= 11 is 0. The van der Waals surface area contributed by atoms with Crippen LogP contribution in [0.5, 0.6) is 0 Å². The van der Waals surface area contributed by atoms with Crippen molar-refractivity contribution in [3.8, 4) is 0 Å². The van der Waals surface area contributed by atoms with Crippen LogP contribution < -0.4 is 5.32 Å². The fraction of sp³-hybridized carbons (Fsp3) is 0.778. The number of hydrogen-bond acceptors (Lipinski definition) is 4. The molecule has 1 unspecified atom stereocenters. The molecule has 0 aliphatic rings. The Morgan fingerprint density at radius 2 is 2.00 bits per heavy atom. The zero-order valence-electron chi connectivity index (χ0n) is 8.74. The molecule has 5 nitrogen and oxygen atoms in total. The first kappa shape index (κ1) is 12.9. The van der Waals surface area contributed by atoms with Crippen LogP contribution in [0, 0.1) is 5.92 Å². The van der Waals surface area contributed by atoms with E-state index in [0.29, 0.717) is 0 Å². The van der Waals surface area contributed by atoms with Crippen molar-refractivity contribution in [1.29, 1.82) is 0 Å². The van der Waals surface area contributed by atoms with Gasteiger partial charge >= 0.3 is 11.9 Å². The normalized spacial score (nSPS) is 12.6. The minimum Gasteiger partial charge on any atom is -0.480 e. The summed E-state index contributed by atoms with van der Waals surface area (Å²) in [4.78, 5) is 21.5. The standard InChI is InChI=1S/C9H17NO4/c1-6(2)9(13)14-5-4-7(10-3)8(11)12/h6-7,10H,4-5H2,1-3H3,(H,11,12). The molecule has 0 aliphatic heterocycles. The molecule has 82 valence electrons. The maximum atomic E-state index is 11.0. The van der Waals surface area contributed by atoms with Crippen molar-refractivity contribution in [2.24, 2.45) is 5.92 Å². The molecule has 0 fully saturated rings. The van der Waals surface area contributed by atoms with E-state index in [2.05, 4.69) is 5.32 Å². The third-order valence-electron chi connectivity index (χ3n) is 1.77. The fourth-order valence-corrected chi connectivity index (χ4v) is 0.835. The van der Waals surface area contributed by atoms with Gasteiger partial charge in [-0.3, -0.25) is 9.59 Å². The zero-order chi connectivity index (χ0) is 11.1. The Balaban J connectivity index is 3.72. The number of aliphatic carboxylic acids is 1. The summed E-state index contributed by atoms with van der Waals surface area (Å²) < 4.78 is 4.84. The Hall–Kier alpha value is -1.10. The van der Waals surface area contributed by atoms with Crippen LogP contribution >= 0.6 is 0 Å². The van der Waals surface area contributed by atoms with E-state index in [4.69, 9.17) is 9.84 Å². The van der Waals surface area contributed by atoms with Crippen LogP contribution in [-0.4, -0.2) is 36.7 Å². The molecule has 0 bridgehead atoms. The summed E-state index contributed by atoms with van der Waals surface area (Å²) in [5.74, 6) is -1.41. The monoisotopic (exact) mass is 203 g/mol. The van der Waals surface area contributed by atoms with E-state index < -0.39 is 12.0 Å². The van der Waals surface area contributed by atoms with E-state index in [-0.39, 0.29) is 24.9 Å².